The van der Waals surface area contributed by atoms with Gasteiger partial charge in [-0.2, -0.15) is 0 Å². The summed E-state index contributed by atoms with van der Waals surface area (Å²) in [7, 11) is 0. The number of hydrogen-bond donors (Lipinski definition) is 19. The molecule has 0 radical (unpaired) electrons. The van der Waals surface area contributed by atoms with Crippen LogP contribution < -0.4 is 0 Å². The number of fused-ring (bicyclic) bond motifs is 5. The van der Waals surface area contributed by atoms with Gasteiger partial charge in [-0.3, -0.25) is 4.79 Å². The highest BCUT2D eigenvalue weighted by atomic mass is 16.8. The minimum absolute atomic E-state index is 0.0130. The molecule has 6 heterocycles. The van der Waals surface area contributed by atoms with Crippen LogP contribution in [0, 0.1) is 45.3 Å². The van der Waals surface area contributed by atoms with Crippen molar-refractivity contribution in [2.45, 2.75) is 297 Å². The van der Waals surface area contributed by atoms with E-state index in [1.54, 1.807) is 26.8 Å². The molecule has 32 heteroatoms. The van der Waals surface area contributed by atoms with E-state index < -0.39 is 256 Å². The van der Waals surface area contributed by atoms with Crippen LogP contribution >= 0.6 is 0 Å². The van der Waals surface area contributed by atoms with Crippen molar-refractivity contribution in [3.63, 3.8) is 0 Å². The van der Waals surface area contributed by atoms with Crippen molar-refractivity contribution in [3.8, 4) is 0 Å². The third kappa shape index (κ3) is 14.0. The first-order valence-electron chi connectivity index (χ1n) is 33.7. The summed E-state index contributed by atoms with van der Waals surface area (Å²) < 4.78 is 73.3. The van der Waals surface area contributed by atoms with Gasteiger partial charge >= 0.3 is 0 Å². The molecule has 0 aromatic heterocycles. The average molecular weight is 1390 g/mol. The summed E-state index contributed by atoms with van der Waals surface area (Å²) >= 11 is 0. The monoisotopic (exact) mass is 1390 g/mol. The summed E-state index contributed by atoms with van der Waals surface area (Å²) in [5, 5.41) is 209. The van der Waals surface area contributed by atoms with Crippen LogP contribution in [0.25, 0.3) is 0 Å². The molecule has 96 heavy (non-hydrogen) atoms. The predicted octanol–water partition coefficient (Wildman–Crippen LogP) is -6.10. The van der Waals surface area contributed by atoms with Crippen molar-refractivity contribution in [1.82, 2.24) is 0 Å². The van der Waals surface area contributed by atoms with Gasteiger partial charge in [0, 0.05) is 30.8 Å². The zero-order valence-electron chi connectivity index (χ0n) is 55.4. The summed E-state index contributed by atoms with van der Waals surface area (Å²) in [6.07, 6.45) is -45.6. The molecule has 4 saturated carbocycles. The summed E-state index contributed by atoms with van der Waals surface area (Å²) in [6, 6.07) is 0. The Morgan fingerprint density at radius 1 is 0.562 bits per heavy atom. The van der Waals surface area contributed by atoms with Gasteiger partial charge in [0.05, 0.1) is 56.9 Å². The molecule has 10 rings (SSSR count). The van der Waals surface area contributed by atoms with Gasteiger partial charge in [-0.05, 0) is 100 Å². The third-order valence-corrected chi connectivity index (χ3v) is 23.8. The number of carbonyl (C=O) groups excluding carboxylic acids is 1. The molecule has 0 bridgehead atoms. The first kappa shape index (κ1) is 76.8. The molecular weight excluding hydrogens is 1280 g/mol. The van der Waals surface area contributed by atoms with E-state index in [-0.39, 0.29) is 37.1 Å². The molecule has 38 atom stereocenters. The molecule has 32 nitrogen and oxygen atoms in total. The van der Waals surface area contributed by atoms with Gasteiger partial charge in [-0.25, -0.2) is 0 Å². The summed E-state index contributed by atoms with van der Waals surface area (Å²) in [5.41, 5.74) is -3.84. The Morgan fingerprint density at radius 2 is 1.11 bits per heavy atom. The SMILES string of the molecule is CC(C)=C[C@@H](C[C@](C)(O)[C@H]1C(=O)C[C@]2(CO)[C@@H]1CC[C@@H]1[C@@]3(C)CC[C@H](O[C@@H]4OC[C@H](O)[C@H](O[C@@H]5O[C@H](CO[C@@H]6O[C@H](CO)[C@@H](O)[C@H](O)[C@H]6O)[C@@H](O)[C@H](O)[C@H]5O[C@@H]5OC[C@@H](O)[C@H](O)[C@H]5O)[C@H]4O[C@@H]4O[C@@H](C)[C@H](O)[C@@H](O)[C@H]4O)C(C)(C)C3CC[C@]12C)O[C@@H]1O[C@H](CO)[C@@H](O)[C@H](O)[C@H]1O. The fourth-order valence-corrected chi connectivity index (χ4v) is 18.6. The largest absolute Gasteiger partial charge is 0.396 e. The lowest BCUT2D eigenvalue weighted by Crippen LogP contribution is -2.67. The van der Waals surface area contributed by atoms with Crippen molar-refractivity contribution in [1.29, 1.82) is 0 Å². The molecule has 0 aromatic carbocycles. The van der Waals surface area contributed by atoms with Crippen molar-refractivity contribution < 1.29 is 159 Å². The number of hydrogen-bond acceptors (Lipinski definition) is 32. The maximum atomic E-state index is 14.9. The second kappa shape index (κ2) is 29.7. The van der Waals surface area contributed by atoms with E-state index >= 15 is 0 Å². The van der Waals surface area contributed by atoms with Crippen molar-refractivity contribution in [2.24, 2.45) is 45.3 Å². The van der Waals surface area contributed by atoms with Crippen molar-refractivity contribution >= 4 is 5.78 Å². The number of aliphatic hydroxyl groups excluding tert-OH is 18. The van der Waals surface area contributed by atoms with Crippen LogP contribution in [0.2, 0.25) is 0 Å². The highest BCUT2D eigenvalue weighted by molar-refractivity contribution is 5.86. The first-order chi connectivity index (χ1) is 45.0. The maximum absolute atomic E-state index is 14.9. The van der Waals surface area contributed by atoms with Gasteiger partial charge in [-0.1, -0.05) is 39.3 Å². The Morgan fingerprint density at radius 3 is 1.75 bits per heavy atom. The highest BCUT2D eigenvalue weighted by Gasteiger charge is 2.73. The minimum atomic E-state index is -2.10. The lowest BCUT2D eigenvalue weighted by atomic mass is 9.35. The Bertz CT molecular complexity index is 2620. The van der Waals surface area contributed by atoms with Gasteiger partial charge in [0.2, 0.25) is 0 Å². The van der Waals surface area contributed by atoms with Crippen LogP contribution in [0.1, 0.15) is 107 Å². The summed E-state index contributed by atoms with van der Waals surface area (Å²) in [4.78, 5) is 14.9. The Hall–Kier alpha value is -1.83. The smallest absolute Gasteiger partial charge is 0.187 e. The van der Waals surface area contributed by atoms with E-state index in [1.165, 1.54) is 6.92 Å². The molecule has 6 aliphatic heterocycles. The highest BCUT2D eigenvalue weighted by Crippen LogP contribution is 2.75. The Kier molecular flexibility index (Phi) is 23.8. The topological polar surface area (TPSA) is 512 Å². The zero-order valence-corrected chi connectivity index (χ0v) is 55.4. The average Bonchev–Trinajstić information content (AvgIpc) is 1.28. The quantitative estimate of drug-likeness (QED) is 0.0398. The normalized spacial score (nSPS) is 52.3. The van der Waals surface area contributed by atoms with Gasteiger partial charge in [0.25, 0.3) is 0 Å². The fraction of sp³-hybridized carbons (Fsp3) is 0.953. The van der Waals surface area contributed by atoms with Gasteiger partial charge in [0.15, 0.2) is 37.7 Å². The predicted molar refractivity (Wildman–Crippen MR) is 320 cm³/mol. The molecule has 19 N–H and O–H groups in total. The molecule has 1 unspecified atom stereocenters. The number of aliphatic hydroxyl groups is 19. The van der Waals surface area contributed by atoms with Crippen LogP contribution in [0.15, 0.2) is 11.6 Å². The molecule has 0 spiro atoms. The lowest BCUT2D eigenvalue weighted by Gasteiger charge is -2.70. The van der Waals surface area contributed by atoms with Crippen LogP contribution in [0.3, 0.4) is 0 Å². The summed E-state index contributed by atoms with van der Waals surface area (Å²) in [6.45, 7) is 11.3. The number of carbonyl (C=O) groups is 1. The van der Waals surface area contributed by atoms with Crippen LogP contribution in [0.5, 0.6) is 0 Å². The van der Waals surface area contributed by atoms with E-state index in [0.29, 0.717) is 38.5 Å². The molecule has 0 amide bonds. The lowest BCUT2D eigenvalue weighted by molar-refractivity contribution is -0.401. The van der Waals surface area contributed by atoms with Gasteiger partial charge in [0.1, 0.15) is 134 Å². The third-order valence-electron chi connectivity index (χ3n) is 23.8. The number of Topliss-reactive ketones (excluding diaryl/α,β-unsaturated/α-hetero) is 1. The van der Waals surface area contributed by atoms with E-state index in [1.807, 2.05) is 0 Å². The molecule has 554 valence electrons. The van der Waals surface area contributed by atoms with Crippen molar-refractivity contribution in [3.05, 3.63) is 11.6 Å². The Labute approximate surface area is 556 Å². The zero-order chi connectivity index (χ0) is 70.4. The molecular formula is C64H106O32. The molecule has 10 fully saturated rings. The standard InChI is InChI=1S/C64H106O32/c1-24(2)15-26(89-57-50(83)45(78)41(74)32(19-66)91-57)16-63(8,84)37-27-9-10-35-61(6)13-12-36(60(4,5)34(61)11-14-62(35,7)64(27,23-67)17-28(37)68)93-58-53(96-56-49(82)43(76)38(71)25(3)88-56)51(30(70)21-86-58)94-59-52(95-55-47(80)39(72)29(69)20-85-55)46(79)42(75)33(92-59)22-87-54-48(81)44(77)40(73)31(18-65)90-54/h15,25-27,29-59,65-67,69-84H,9-14,16-23H2,1-8H3/t25-,26-,27+,29+,30-,31+,32+,33+,34?,35+,36-,37+,38-,39-,40+,41+,42+,43+,44-,45-,46-,47+,48+,49+,50+,51-,52+,53+,54+,55-,56-,57+,58-,59-,61-,62+,63-,64-/m0/s1. The number of ketones is 1. The molecule has 6 saturated heterocycles. The van der Waals surface area contributed by atoms with E-state index in [9.17, 15) is 102 Å². The van der Waals surface area contributed by atoms with Gasteiger partial charge in [-0.15, -0.1) is 0 Å². The fourth-order valence-electron chi connectivity index (χ4n) is 18.6. The van der Waals surface area contributed by atoms with E-state index in [2.05, 4.69) is 27.7 Å². The Balaban J connectivity index is 0.906. The second-order valence-electron chi connectivity index (χ2n) is 30.4. The van der Waals surface area contributed by atoms with E-state index in [4.69, 9.17) is 56.8 Å². The molecule has 4 aliphatic carbocycles. The van der Waals surface area contributed by atoms with Crippen LogP contribution in [-0.2, 0) is 61.6 Å². The van der Waals surface area contributed by atoms with Crippen molar-refractivity contribution in [2.75, 3.05) is 39.6 Å². The summed E-state index contributed by atoms with van der Waals surface area (Å²) in [5.74, 6) is -1.86. The van der Waals surface area contributed by atoms with Gasteiger partial charge < -0.3 is 154 Å². The number of allylic oxidation sites excluding steroid dienone is 1. The molecule has 10 aliphatic rings. The first-order valence-corrected chi connectivity index (χ1v) is 33.7. The molecule has 0 aromatic rings. The van der Waals surface area contributed by atoms with E-state index in [0.717, 1.165) is 5.57 Å². The maximum Gasteiger partial charge on any atom is 0.187 e. The second-order valence-corrected chi connectivity index (χ2v) is 30.4. The van der Waals surface area contributed by atoms with Crippen LogP contribution in [0.4, 0.5) is 0 Å². The van der Waals surface area contributed by atoms with Crippen LogP contribution in [-0.4, -0.2) is 332 Å². The minimum Gasteiger partial charge on any atom is -0.396 e. The number of ether oxygens (including phenoxy) is 12. The number of rotatable bonds is 20.